The van der Waals surface area contributed by atoms with Crippen molar-refractivity contribution in [1.29, 1.82) is 0 Å². The molecule has 0 saturated heterocycles. The second-order valence-electron chi connectivity index (χ2n) is 8.52. The maximum absolute atomic E-state index is 13.8. The molecular weight excluding hydrogens is 500 g/mol. The molecule has 2 heterocycles. The van der Waals surface area contributed by atoms with Gasteiger partial charge in [0.05, 0.1) is 31.3 Å². The lowest BCUT2D eigenvalue weighted by Crippen LogP contribution is -2.23. The van der Waals surface area contributed by atoms with Crippen LogP contribution >= 0.6 is 11.8 Å². The van der Waals surface area contributed by atoms with Crippen molar-refractivity contribution in [3.8, 4) is 28.3 Å². The van der Waals surface area contributed by atoms with Crippen molar-refractivity contribution < 1.29 is 14.3 Å². The highest BCUT2D eigenvalue weighted by Crippen LogP contribution is 2.31. The van der Waals surface area contributed by atoms with Gasteiger partial charge < -0.3 is 19.8 Å². The molecule has 38 heavy (non-hydrogen) atoms. The number of hydrogen-bond acceptors (Lipinski definition) is 6. The van der Waals surface area contributed by atoms with Crippen LogP contribution in [0, 0.1) is 6.92 Å². The summed E-state index contributed by atoms with van der Waals surface area (Å²) in [6, 6.07) is 22.5. The summed E-state index contributed by atoms with van der Waals surface area (Å²) >= 11 is 1.20. The van der Waals surface area contributed by atoms with Crippen molar-refractivity contribution >= 4 is 34.4 Å². The maximum Gasteiger partial charge on any atom is 0.283 e. The van der Waals surface area contributed by atoms with Crippen LogP contribution in [0.4, 0.5) is 5.69 Å². The number of hydrogen-bond donors (Lipinski definition) is 2. The molecule has 1 amide bonds. The summed E-state index contributed by atoms with van der Waals surface area (Å²) < 4.78 is 12.2. The van der Waals surface area contributed by atoms with Crippen molar-refractivity contribution in [3.05, 3.63) is 94.9 Å². The third-order valence-electron chi connectivity index (χ3n) is 6.12. The van der Waals surface area contributed by atoms with Crippen LogP contribution in [0.25, 0.3) is 27.8 Å². The third-order valence-corrected chi connectivity index (χ3v) is 7.06. The van der Waals surface area contributed by atoms with Crippen LogP contribution in [0.3, 0.4) is 0 Å². The van der Waals surface area contributed by atoms with Crippen LogP contribution in [0.15, 0.2) is 88.9 Å². The average Bonchev–Trinajstić information content (AvgIpc) is 3.37. The van der Waals surface area contributed by atoms with Gasteiger partial charge in [-0.1, -0.05) is 60.3 Å². The topological polar surface area (TPSA) is 98.2 Å². The fourth-order valence-corrected chi connectivity index (χ4v) is 5.02. The molecule has 0 unspecified atom stereocenters. The van der Waals surface area contributed by atoms with Crippen LogP contribution in [-0.2, 0) is 4.79 Å². The highest BCUT2D eigenvalue weighted by atomic mass is 32.2. The molecule has 0 aliphatic carbocycles. The molecular formula is C29H26N4O4S. The monoisotopic (exact) mass is 526 g/mol. The fourth-order valence-electron chi connectivity index (χ4n) is 4.22. The number of H-pyrrole nitrogens is 1. The number of para-hydroxylation sites is 1. The van der Waals surface area contributed by atoms with E-state index in [0.717, 1.165) is 16.7 Å². The minimum Gasteiger partial charge on any atom is -0.497 e. The number of nitrogens with zero attached hydrogens (tertiary/aromatic N) is 2. The fraction of sp³-hybridized carbons (Fsp3) is 0.138. The maximum atomic E-state index is 13.8. The van der Waals surface area contributed by atoms with Crippen molar-refractivity contribution in [1.82, 2.24) is 14.5 Å². The summed E-state index contributed by atoms with van der Waals surface area (Å²) in [7, 11) is 3.09. The number of aromatic amines is 1. The van der Waals surface area contributed by atoms with Gasteiger partial charge in [0.1, 0.15) is 22.5 Å². The smallest absolute Gasteiger partial charge is 0.283 e. The van der Waals surface area contributed by atoms with Crippen molar-refractivity contribution in [2.45, 2.75) is 12.1 Å². The lowest BCUT2D eigenvalue weighted by molar-refractivity contribution is -0.113. The molecule has 0 aliphatic rings. The number of anilines is 1. The Kier molecular flexibility index (Phi) is 7.19. The van der Waals surface area contributed by atoms with Crippen molar-refractivity contribution in [2.75, 3.05) is 25.3 Å². The van der Waals surface area contributed by atoms with E-state index in [2.05, 4.69) is 10.3 Å². The molecule has 2 N–H and O–H groups in total. The second-order valence-corrected chi connectivity index (χ2v) is 9.46. The van der Waals surface area contributed by atoms with Crippen molar-refractivity contribution in [2.24, 2.45) is 0 Å². The average molecular weight is 527 g/mol. The van der Waals surface area contributed by atoms with Gasteiger partial charge in [0.2, 0.25) is 5.91 Å². The summed E-state index contributed by atoms with van der Waals surface area (Å²) in [5.74, 6) is 0.875. The molecule has 0 aliphatic heterocycles. The number of rotatable bonds is 8. The Morgan fingerprint density at radius 2 is 1.79 bits per heavy atom. The third kappa shape index (κ3) is 4.88. The Balaban J connectivity index is 1.53. The Bertz CT molecular complexity index is 1680. The Labute approximate surface area is 223 Å². The van der Waals surface area contributed by atoms with Gasteiger partial charge >= 0.3 is 0 Å². The van der Waals surface area contributed by atoms with Crippen LogP contribution in [0.2, 0.25) is 0 Å². The molecule has 5 rings (SSSR count). The predicted molar refractivity (Wildman–Crippen MR) is 151 cm³/mol. The van der Waals surface area contributed by atoms with Gasteiger partial charge in [0, 0.05) is 17.8 Å². The van der Waals surface area contributed by atoms with E-state index in [4.69, 9.17) is 14.5 Å². The number of carbonyl (C=O) groups is 1. The number of benzene rings is 3. The number of amides is 1. The second kappa shape index (κ2) is 10.9. The van der Waals surface area contributed by atoms with E-state index in [1.807, 2.05) is 61.5 Å². The number of ether oxygens (including phenoxy) is 2. The SMILES string of the molecule is COc1ccc(NC(=O)CSc2nc3c(-c4ccccc4)c[nH]c3c(=O)n2-c2ccccc2C)c(OC)c1. The quantitative estimate of drug-likeness (QED) is 0.206. The van der Waals surface area contributed by atoms with E-state index in [1.54, 1.807) is 36.1 Å². The van der Waals surface area contributed by atoms with Crippen LogP contribution in [-0.4, -0.2) is 40.4 Å². The summed E-state index contributed by atoms with van der Waals surface area (Å²) in [5.41, 5.74) is 4.65. The van der Waals surface area contributed by atoms with Crippen LogP contribution in [0.5, 0.6) is 11.5 Å². The van der Waals surface area contributed by atoms with Gasteiger partial charge in [-0.2, -0.15) is 0 Å². The minimum absolute atomic E-state index is 0.0318. The Morgan fingerprint density at radius 1 is 1.03 bits per heavy atom. The molecule has 0 atom stereocenters. The first kappa shape index (κ1) is 25.2. The molecule has 0 spiro atoms. The standard InChI is InChI=1S/C29H26N4O4S/c1-18-9-7-8-12-23(18)33-28(35)27-26(21(16-30-27)19-10-5-4-6-11-19)32-29(33)38-17-25(34)31-22-14-13-20(36-2)15-24(22)37-3/h4-16,30H,17H2,1-3H3,(H,31,34). The van der Waals surface area contributed by atoms with Gasteiger partial charge in [-0.25, -0.2) is 4.98 Å². The zero-order valence-corrected chi connectivity index (χ0v) is 22.0. The first-order valence-corrected chi connectivity index (χ1v) is 12.9. The lowest BCUT2D eigenvalue weighted by atomic mass is 10.1. The minimum atomic E-state index is -0.263. The van der Waals surface area contributed by atoms with Gasteiger partial charge in [0.25, 0.3) is 5.56 Å². The van der Waals surface area contributed by atoms with E-state index in [-0.39, 0.29) is 17.2 Å². The lowest BCUT2D eigenvalue weighted by Gasteiger charge is -2.15. The van der Waals surface area contributed by atoms with E-state index in [1.165, 1.54) is 18.9 Å². The zero-order valence-electron chi connectivity index (χ0n) is 21.1. The number of carbonyl (C=O) groups excluding carboxylic acids is 1. The molecule has 0 fully saturated rings. The number of aromatic nitrogens is 3. The van der Waals surface area contributed by atoms with E-state index in [9.17, 15) is 9.59 Å². The van der Waals surface area contributed by atoms with Gasteiger partial charge in [-0.15, -0.1) is 0 Å². The summed E-state index contributed by atoms with van der Waals surface area (Å²) in [6.45, 7) is 1.94. The Morgan fingerprint density at radius 3 is 2.53 bits per heavy atom. The number of aryl methyl sites for hydroxylation is 1. The summed E-state index contributed by atoms with van der Waals surface area (Å²) in [5, 5.41) is 3.30. The molecule has 9 heteroatoms. The van der Waals surface area contributed by atoms with Gasteiger partial charge in [-0.3, -0.25) is 14.2 Å². The number of thioether (sulfide) groups is 1. The predicted octanol–water partition coefficient (Wildman–Crippen LogP) is 5.44. The van der Waals surface area contributed by atoms with Crippen molar-refractivity contribution in [3.63, 3.8) is 0 Å². The molecule has 5 aromatic rings. The number of methoxy groups -OCH3 is 2. The molecule has 0 saturated carbocycles. The molecule has 8 nitrogen and oxygen atoms in total. The van der Waals surface area contributed by atoms with Gasteiger partial charge in [0.15, 0.2) is 5.16 Å². The summed E-state index contributed by atoms with van der Waals surface area (Å²) in [4.78, 5) is 34.8. The zero-order chi connectivity index (χ0) is 26.6. The summed E-state index contributed by atoms with van der Waals surface area (Å²) in [6.07, 6.45) is 1.80. The molecule has 2 aromatic heterocycles. The van der Waals surface area contributed by atoms with E-state index in [0.29, 0.717) is 39.1 Å². The largest absolute Gasteiger partial charge is 0.497 e. The van der Waals surface area contributed by atoms with Crippen LogP contribution < -0.4 is 20.3 Å². The number of nitrogens with one attached hydrogen (secondary N) is 2. The highest BCUT2D eigenvalue weighted by Gasteiger charge is 2.20. The van der Waals surface area contributed by atoms with Crippen LogP contribution in [0.1, 0.15) is 5.56 Å². The highest BCUT2D eigenvalue weighted by molar-refractivity contribution is 7.99. The van der Waals surface area contributed by atoms with E-state index >= 15 is 0 Å². The molecule has 0 bridgehead atoms. The first-order valence-electron chi connectivity index (χ1n) is 11.9. The Hall–Kier alpha value is -4.50. The normalized spacial score (nSPS) is 10.9. The first-order chi connectivity index (χ1) is 18.5. The molecule has 0 radical (unpaired) electrons. The number of fused-ring (bicyclic) bond motifs is 1. The van der Waals surface area contributed by atoms with E-state index < -0.39 is 0 Å². The molecule has 192 valence electrons. The molecule has 3 aromatic carbocycles. The van der Waals surface area contributed by atoms with Gasteiger partial charge in [-0.05, 0) is 36.2 Å².